The van der Waals surface area contributed by atoms with Crippen LogP contribution in [-0.4, -0.2) is 55.2 Å². The summed E-state index contributed by atoms with van der Waals surface area (Å²) in [5.41, 5.74) is 6.96. The predicted octanol–water partition coefficient (Wildman–Crippen LogP) is 1.12. The predicted molar refractivity (Wildman–Crippen MR) is 81.4 cm³/mol. The molecule has 2 N–H and O–H groups in total. The molecule has 0 aromatic carbocycles. The zero-order valence-corrected chi connectivity index (χ0v) is 12.4. The number of nitrogen functional groups attached to an aromatic ring is 1. The molecule has 1 aromatic heterocycles. The lowest BCUT2D eigenvalue weighted by Crippen LogP contribution is -2.55. The van der Waals surface area contributed by atoms with Crippen molar-refractivity contribution in [1.82, 2.24) is 9.88 Å². The third-order valence-electron chi connectivity index (χ3n) is 4.51. The summed E-state index contributed by atoms with van der Waals surface area (Å²) in [5.74, 6) is 0.301. The van der Waals surface area contributed by atoms with E-state index in [0.29, 0.717) is 23.1 Å². The Labute approximate surface area is 124 Å². The summed E-state index contributed by atoms with van der Waals surface area (Å²) in [6.07, 6.45) is 5.45. The SMILES string of the molecule is COC(=O)c1ccnc(N2CCN3CCCCC3C2)c1N. The van der Waals surface area contributed by atoms with Crippen molar-refractivity contribution in [3.8, 4) is 0 Å². The summed E-state index contributed by atoms with van der Waals surface area (Å²) in [5, 5.41) is 0. The number of pyridine rings is 1. The average Bonchev–Trinajstić information content (AvgIpc) is 2.54. The van der Waals surface area contributed by atoms with E-state index in [-0.39, 0.29) is 0 Å². The molecule has 2 saturated heterocycles. The van der Waals surface area contributed by atoms with Gasteiger partial charge in [0.15, 0.2) is 5.82 Å². The topological polar surface area (TPSA) is 71.7 Å². The number of rotatable bonds is 2. The lowest BCUT2D eigenvalue weighted by atomic mass is 9.99. The zero-order valence-electron chi connectivity index (χ0n) is 12.4. The number of nitrogens with two attached hydrogens (primary N) is 1. The van der Waals surface area contributed by atoms with Crippen LogP contribution in [0.25, 0.3) is 0 Å². The molecule has 21 heavy (non-hydrogen) atoms. The van der Waals surface area contributed by atoms with Gasteiger partial charge in [-0.3, -0.25) is 4.90 Å². The van der Waals surface area contributed by atoms with Gasteiger partial charge in [-0.1, -0.05) is 6.42 Å². The first-order valence-electron chi connectivity index (χ1n) is 7.52. The summed E-state index contributed by atoms with van der Waals surface area (Å²) in [7, 11) is 1.36. The number of methoxy groups -OCH3 is 1. The van der Waals surface area contributed by atoms with Gasteiger partial charge in [-0.15, -0.1) is 0 Å². The van der Waals surface area contributed by atoms with Crippen LogP contribution in [0, 0.1) is 0 Å². The molecule has 0 radical (unpaired) electrons. The van der Waals surface area contributed by atoms with Crippen molar-refractivity contribution in [2.75, 3.05) is 43.9 Å². The summed E-state index contributed by atoms with van der Waals surface area (Å²) >= 11 is 0. The van der Waals surface area contributed by atoms with Crippen molar-refractivity contribution in [2.45, 2.75) is 25.3 Å². The maximum absolute atomic E-state index is 11.7. The highest BCUT2D eigenvalue weighted by molar-refractivity contribution is 5.97. The van der Waals surface area contributed by atoms with Crippen LogP contribution in [0.5, 0.6) is 0 Å². The number of hydrogen-bond donors (Lipinski definition) is 1. The molecule has 1 atom stereocenters. The highest BCUT2D eigenvalue weighted by Crippen LogP contribution is 2.29. The molecule has 6 heteroatoms. The second-order valence-electron chi connectivity index (χ2n) is 5.72. The number of anilines is 2. The first kappa shape index (κ1) is 14.1. The van der Waals surface area contributed by atoms with Gasteiger partial charge in [0, 0.05) is 31.9 Å². The van der Waals surface area contributed by atoms with E-state index in [0.717, 1.165) is 19.6 Å². The number of ether oxygens (including phenoxy) is 1. The molecule has 114 valence electrons. The summed E-state index contributed by atoms with van der Waals surface area (Å²) < 4.78 is 4.77. The number of hydrogen-bond acceptors (Lipinski definition) is 6. The molecule has 0 spiro atoms. The fraction of sp³-hybridized carbons (Fsp3) is 0.600. The molecule has 0 aliphatic carbocycles. The fourth-order valence-corrected chi connectivity index (χ4v) is 3.35. The van der Waals surface area contributed by atoms with E-state index in [4.69, 9.17) is 10.5 Å². The van der Waals surface area contributed by atoms with Gasteiger partial charge in [0.25, 0.3) is 0 Å². The quantitative estimate of drug-likeness (QED) is 0.823. The van der Waals surface area contributed by atoms with Gasteiger partial charge in [-0.2, -0.15) is 0 Å². The molecule has 2 fully saturated rings. The third-order valence-corrected chi connectivity index (χ3v) is 4.51. The van der Waals surface area contributed by atoms with E-state index < -0.39 is 5.97 Å². The number of esters is 1. The second-order valence-corrected chi connectivity index (χ2v) is 5.72. The summed E-state index contributed by atoms with van der Waals surface area (Å²) in [6.45, 7) is 4.07. The number of aromatic nitrogens is 1. The van der Waals surface area contributed by atoms with E-state index in [1.54, 1.807) is 12.3 Å². The highest BCUT2D eigenvalue weighted by Gasteiger charge is 2.30. The smallest absolute Gasteiger partial charge is 0.340 e. The highest BCUT2D eigenvalue weighted by atomic mass is 16.5. The normalized spacial score (nSPS) is 22.7. The number of fused-ring (bicyclic) bond motifs is 1. The molecule has 1 unspecified atom stereocenters. The Morgan fingerprint density at radius 1 is 1.38 bits per heavy atom. The van der Waals surface area contributed by atoms with E-state index in [1.165, 1.54) is 32.9 Å². The van der Waals surface area contributed by atoms with Crippen molar-refractivity contribution in [2.24, 2.45) is 0 Å². The van der Waals surface area contributed by atoms with Crippen LogP contribution in [0.4, 0.5) is 11.5 Å². The first-order chi connectivity index (χ1) is 10.2. The Kier molecular flexibility index (Phi) is 3.96. The molecular weight excluding hydrogens is 268 g/mol. The van der Waals surface area contributed by atoms with Crippen molar-refractivity contribution in [3.63, 3.8) is 0 Å². The van der Waals surface area contributed by atoms with Crippen LogP contribution in [0.15, 0.2) is 12.3 Å². The van der Waals surface area contributed by atoms with Gasteiger partial charge in [0.05, 0.1) is 18.4 Å². The standard InChI is InChI=1S/C15H22N4O2/c1-21-15(20)12-5-6-17-14(13(12)16)19-9-8-18-7-3-2-4-11(18)10-19/h5-6,11H,2-4,7-10,16H2,1H3. The molecule has 1 aromatic rings. The lowest BCUT2D eigenvalue weighted by molar-refractivity contribution is 0.0602. The van der Waals surface area contributed by atoms with E-state index in [9.17, 15) is 4.79 Å². The Morgan fingerprint density at radius 3 is 3.05 bits per heavy atom. The van der Waals surface area contributed by atoms with Crippen LogP contribution in [0.3, 0.4) is 0 Å². The minimum Gasteiger partial charge on any atom is -0.465 e. The summed E-state index contributed by atoms with van der Waals surface area (Å²) in [6, 6.07) is 2.19. The van der Waals surface area contributed by atoms with Gasteiger partial charge < -0.3 is 15.4 Å². The molecule has 2 aliphatic rings. The van der Waals surface area contributed by atoms with Crippen LogP contribution in [-0.2, 0) is 4.74 Å². The minimum absolute atomic E-state index is 0.397. The second kappa shape index (κ2) is 5.89. The molecule has 6 nitrogen and oxygen atoms in total. The molecule has 2 aliphatic heterocycles. The molecular formula is C15H22N4O2. The average molecular weight is 290 g/mol. The Morgan fingerprint density at radius 2 is 2.24 bits per heavy atom. The maximum Gasteiger partial charge on any atom is 0.340 e. The van der Waals surface area contributed by atoms with Crippen LogP contribution in [0.2, 0.25) is 0 Å². The Hall–Kier alpha value is -1.82. The molecule has 3 rings (SSSR count). The number of carbonyl (C=O) groups is 1. The van der Waals surface area contributed by atoms with Crippen molar-refractivity contribution >= 4 is 17.5 Å². The molecule has 0 amide bonds. The Balaban J connectivity index is 1.82. The third kappa shape index (κ3) is 2.68. The van der Waals surface area contributed by atoms with Crippen molar-refractivity contribution < 1.29 is 9.53 Å². The van der Waals surface area contributed by atoms with E-state index >= 15 is 0 Å². The number of piperazine rings is 1. The molecule has 0 saturated carbocycles. The van der Waals surface area contributed by atoms with Gasteiger partial charge >= 0.3 is 5.97 Å². The Bertz CT molecular complexity index is 534. The van der Waals surface area contributed by atoms with Crippen molar-refractivity contribution in [1.29, 1.82) is 0 Å². The van der Waals surface area contributed by atoms with Gasteiger partial charge in [-0.05, 0) is 25.5 Å². The van der Waals surface area contributed by atoms with Crippen LogP contribution in [0.1, 0.15) is 29.6 Å². The van der Waals surface area contributed by atoms with Gasteiger partial charge in [0.2, 0.25) is 0 Å². The van der Waals surface area contributed by atoms with E-state index in [2.05, 4.69) is 14.8 Å². The van der Waals surface area contributed by atoms with Gasteiger partial charge in [0.1, 0.15) is 0 Å². The first-order valence-corrected chi connectivity index (χ1v) is 7.52. The molecule has 0 bridgehead atoms. The molecule has 3 heterocycles. The minimum atomic E-state index is -0.410. The largest absolute Gasteiger partial charge is 0.465 e. The van der Waals surface area contributed by atoms with Crippen LogP contribution >= 0.6 is 0 Å². The summed E-state index contributed by atoms with van der Waals surface area (Å²) in [4.78, 5) is 20.9. The van der Waals surface area contributed by atoms with E-state index in [1.807, 2.05) is 0 Å². The number of carbonyl (C=O) groups excluding carboxylic acids is 1. The van der Waals surface area contributed by atoms with Gasteiger partial charge in [-0.25, -0.2) is 9.78 Å². The lowest BCUT2D eigenvalue weighted by Gasteiger charge is -2.44. The zero-order chi connectivity index (χ0) is 14.8. The van der Waals surface area contributed by atoms with Crippen molar-refractivity contribution in [3.05, 3.63) is 17.8 Å². The number of nitrogens with zero attached hydrogens (tertiary/aromatic N) is 3. The fourth-order valence-electron chi connectivity index (χ4n) is 3.35. The number of piperidine rings is 1. The monoisotopic (exact) mass is 290 g/mol. The van der Waals surface area contributed by atoms with Crippen LogP contribution < -0.4 is 10.6 Å². The maximum atomic E-state index is 11.7.